The fourth-order valence-electron chi connectivity index (χ4n) is 4.38. The molecule has 1 aromatic carbocycles. The van der Waals surface area contributed by atoms with Crippen molar-refractivity contribution < 1.29 is 62.7 Å². The zero-order valence-electron chi connectivity index (χ0n) is 28.8. The summed E-state index contributed by atoms with van der Waals surface area (Å²) in [6.07, 6.45) is 6.73. The lowest BCUT2D eigenvalue weighted by molar-refractivity contribution is -0.130. The molecule has 0 heterocycles. The molecule has 4 N–H and O–H groups in total. The van der Waals surface area contributed by atoms with E-state index in [4.69, 9.17) is 28.8 Å². The van der Waals surface area contributed by atoms with Gasteiger partial charge in [-0.2, -0.15) is 0 Å². The highest BCUT2D eigenvalue weighted by atomic mass is 16.5. The monoisotopic (exact) mass is 711 g/mol. The lowest BCUT2D eigenvalue weighted by Gasteiger charge is -2.17. The third-order valence-corrected chi connectivity index (χ3v) is 7.03. The molecule has 4 amide bonds. The molecule has 16 nitrogen and oxygen atoms in total. The van der Waals surface area contributed by atoms with E-state index in [0.29, 0.717) is 43.0 Å². The minimum atomic E-state index is -1.38. The van der Waals surface area contributed by atoms with E-state index >= 15 is 0 Å². The first-order chi connectivity index (χ1) is 24.2. The van der Waals surface area contributed by atoms with Crippen LogP contribution < -0.4 is 15.4 Å². The molecule has 0 fully saturated rings. The molecule has 16 heteroatoms. The molecule has 1 aromatic rings. The molecular weight excluding hydrogens is 658 g/mol. The molecule has 0 radical (unpaired) electrons. The second kappa shape index (κ2) is 29.8. The van der Waals surface area contributed by atoms with Crippen molar-refractivity contribution in [3.05, 3.63) is 29.8 Å². The molecule has 1 rings (SSSR count). The Morgan fingerprint density at radius 1 is 0.640 bits per heavy atom. The number of aldehydes is 1. The molecule has 0 unspecified atom stereocenters. The molecule has 50 heavy (non-hydrogen) atoms. The van der Waals surface area contributed by atoms with E-state index < -0.39 is 18.0 Å². The van der Waals surface area contributed by atoms with Crippen molar-refractivity contribution in [2.75, 3.05) is 79.1 Å². The fourth-order valence-corrected chi connectivity index (χ4v) is 4.38. The van der Waals surface area contributed by atoms with E-state index in [0.717, 1.165) is 44.9 Å². The average Bonchev–Trinajstić information content (AvgIpc) is 3.09. The maximum atomic E-state index is 12.4. The lowest BCUT2D eigenvalue weighted by Crippen LogP contribution is -2.38. The van der Waals surface area contributed by atoms with E-state index in [1.165, 1.54) is 12.1 Å². The number of aromatic carboxylic acids is 1. The topological polar surface area (TPSA) is 216 Å². The molecule has 0 spiro atoms. The highest BCUT2D eigenvalue weighted by Gasteiger charge is 2.20. The van der Waals surface area contributed by atoms with Crippen LogP contribution in [0.1, 0.15) is 74.6 Å². The molecule has 0 atom stereocenters. The van der Waals surface area contributed by atoms with Crippen LogP contribution in [0.4, 0.5) is 4.79 Å². The number of rotatable bonds is 32. The third kappa shape index (κ3) is 24.1. The van der Waals surface area contributed by atoms with Crippen LogP contribution in [0.15, 0.2) is 24.3 Å². The fraction of sp³-hybridized carbons (Fsp3) is 0.647. The highest BCUT2D eigenvalue weighted by Crippen LogP contribution is 2.14. The van der Waals surface area contributed by atoms with E-state index in [2.05, 4.69) is 10.6 Å². The summed E-state index contributed by atoms with van der Waals surface area (Å²) in [7, 11) is 0. The summed E-state index contributed by atoms with van der Waals surface area (Å²) in [5.41, 5.74) is 0.226. The van der Waals surface area contributed by atoms with Crippen LogP contribution in [0.2, 0.25) is 0 Å². The van der Waals surface area contributed by atoms with Crippen LogP contribution in [0.25, 0.3) is 0 Å². The van der Waals surface area contributed by atoms with Gasteiger partial charge in [-0.1, -0.05) is 32.1 Å². The number of hydrogen-bond acceptors (Lipinski definition) is 11. The predicted molar refractivity (Wildman–Crippen MR) is 180 cm³/mol. The summed E-state index contributed by atoms with van der Waals surface area (Å²) in [5.74, 6) is -1.33. The number of nitrogens with zero attached hydrogens (tertiary/aromatic N) is 1. The normalized spacial score (nSPS) is 10.7. The number of carboxylic acids is 1. The van der Waals surface area contributed by atoms with Crippen LogP contribution >= 0.6 is 0 Å². The molecular formula is C34H53N3O13. The van der Waals surface area contributed by atoms with E-state index in [1.54, 1.807) is 12.1 Å². The van der Waals surface area contributed by atoms with Crippen LogP contribution in [-0.4, -0.2) is 130 Å². The predicted octanol–water partition coefficient (Wildman–Crippen LogP) is 2.67. The minimum absolute atomic E-state index is 0.0165. The Hall–Kier alpha value is -4.12. The van der Waals surface area contributed by atoms with Crippen LogP contribution in [0.3, 0.4) is 0 Å². The first-order valence-corrected chi connectivity index (χ1v) is 17.0. The zero-order chi connectivity index (χ0) is 36.7. The van der Waals surface area contributed by atoms with Crippen molar-refractivity contribution in [3.63, 3.8) is 0 Å². The maximum absolute atomic E-state index is 12.4. The molecule has 0 aliphatic carbocycles. The van der Waals surface area contributed by atoms with Gasteiger partial charge in [0.15, 0.2) is 0 Å². The summed E-state index contributed by atoms with van der Waals surface area (Å²) in [4.78, 5) is 69.3. The van der Waals surface area contributed by atoms with Crippen molar-refractivity contribution in [2.24, 2.45) is 0 Å². The van der Waals surface area contributed by atoms with Gasteiger partial charge in [-0.25, -0.2) is 14.5 Å². The summed E-state index contributed by atoms with van der Waals surface area (Å²) in [6.45, 7) is 1.88. The molecule has 0 bridgehead atoms. The lowest BCUT2D eigenvalue weighted by atomic mass is 10.1. The van der Waals surface area contributed by atoms with Gasteiger partial charge in [-0.05, 0) is 43.5 Å². The number of carboxylic acid groups (broad SMARTS) is 2. The zero-order valence-corrected chi connectivity index (χ0v) is 28.8. The second-order valence-corrected chi connectivity index (χ2v) is 11.1. The number of imide groups is 1. The van der Waals surface area contributed by atoms with Crippen LogP contribution in [0, 0.1) is 0 Å². The van der Waals surface area contributed by atoms with Gasteiger partial charge in [0.1, 0.15) is 25.2 Å². The Morgan fingerprint density at radius 3 is 1.94 bits per heavy atom. The van der Waals surface area contributed by atoms with Crippen molar-refractivity contribution in [1.29, 1.82) is 0 Å². The molecule has 0 saturated carbocycles. The SMILES string of the molecule is O=CCOCCOCCNC(=O)COCCOCCN(C(=O)O)C(=O)CCCNC(=O)CCCCCCCCCOc1ccc(C(=O)O)cc1. The maximum Gasteiger partial charge on any atom is 0.414 e. The number of unbranched alkanes of at least 4 members (excludes halogenated alkanes) is 6. The van der Waals surface area contributed by atoms with Gasteiger partial charge >= 0.3 is 12.1 Å². The van der Waals surface area contributed by atoms with Gasteiger partial charge < -0.3 is 49.3 Å². The number of carbonyl (C=O) groups excluding carboxylic acids is 4. The average molecular weight is 712 g/mol. The Bertz CT molecular complexity index is 1120. The highest BCUT2D eigenvalue weighted by molar-refractivity contribution is 5.91. The Labute approximate surface area is 293 Å². The Morgan fingerprint density at radius 2 is 1.26 bits per heavy atom. The largest absolute Gasteiger partial charge is 0.494 e. The smallest absolute Gasteiger partial charge is 0.414 e. The number of amides is 4. The summed E-state index contributed by atoms with van der Waals surface area (Å²) < 4.78 is 26.3. The number of ether oxygens (including phenoxy) is 5. The molecule has 282 valence electrons. The number of carbonyl (C=O) groups is 6. The number of benzene rings is 1. The summed E-state index contributed by atoms with van der Waals surface area (Å²) in [6, 6.07) is 6.34. The Kier molecular flexibility index (Phi) is 26.1. The van der Waals surface area contributed by atoms with Crippen LogP contribution in [-0.2, 0) is 38.1 Å². The first kappa shape index (κ1) is 43.9. The van der Waals surface area contributed by atoms with Crippen LogP contribution in [0.5, 0.6) is 5.75 Å². The van der Waals surface area contributed by atoms with Crippen molar-refractivity contribution >= 4 is 36.1 Å². The van der Waals surface area contributed by atoms with Gasteiger partial charge in [0.2, 0.25) is 17.7 Å². The standard InChI is InChI=1S/C34H53N3O13/c38-18-22-48-24-23-46-20-16-36-31(40)27-49-26-25-47-21-17-37(34(44)45)32(41)10-8-15-35-30(39)9-6-4-2-1-3-5-7-19-50-29-13-11-28(12-14-29)33(42)43/h11-14,18H,1-10,15-17,19-27H2,(H,35,39)(H,36,40)(H,42,43)(H,44,45). The van der Waals surface area contributed by atoms with E-state index in [1.807, 2.05) is 0 Å². The molecule has 0 aromatic heterocycles. The number of nitrogens with one attached hydrogen (secondary N) is 2. The van der Waals surface area contributed by atoms with E-state index in [9.17, 15) is 33.9 Å². The summed E-state index contributed by atoms with van der Waals surface area (Å²) >= 11 is 0. The molecule has 0 aliphatic heterocycles. The first-order valence-electron chi connectivity index (χ1n) is 17.0. The van der Waals surface area contributed by atoms with Crippen molar-refractivity contribution in [1.82, 2.24) is 15.5 Å². The molecule has 0 saturated heterocycles. The van der Waals surface area contributed by atoms with E-state index in [-0.39, 0.29) is 89.7 Å². The van der Waals surface area contributed by atoms with Gasteiger partial charge in [0.05, 0.1) is 58.4 Å². The van der Waals surface area contributed by atoms with Gasteiger partial charge in [-0.3, -0.25) is 14.4 Å². The quantitative estimate of drug-likeness (QED) is 0.0625. The van der Waals surface area contributed by atoms with Crippen molar-refractivity contribution in [2.45, 2.75) is 64.2 Å². The minimum Gasteiger partial charge on any atom is -0.494 e. The van der Waals surface area contributed by atoms with Gasteiger partial charge in [-0.15, -0.1) is 0 Å². The summed E-state index contributed by atoms with van der Waals surface area (Å²) in [5, 5.41) is 23.7. The van der Waals surface area contributed by atoms with Crippen molar-refractivity contribution in [3.8, 4) is 5.75 Å². The van der Waals surface area contributed by atoms with Gasteiger partial charge in [0.25, 0.3) is 0 Å². The Balaban J connectivity index is 1.97. The molecule has 0 aliphatic rings. The second-order valence-electron chi connectivity index (χ2n) is 11.1. The third-order valence-electron chi connectivity index (χ3n) is 7.03. The van der Waals surface area contributed by atoms with Gasteiger partial charge in [0, 0.05) is 25.9 Å². The number of hydrogen-bond donors (Lipinski definition) is 4.